The Labute approximate surface area is 119 Å². The molecule has 0 saturated carbocycles. The molecular formula is C14H10NO6-. The number of hydrogen-bond donors (Lipinski definition) is 0. The van der Waals surface area contributed by atoms with E-state index in [0.29, 0.717) is 17.1 Å². The molecule has 1 heterocycles. The first kappa shape index (κ1) is 14.3. The molecule has 0 aliphatic heterocycles. The Hall–Kier alpha value is -3.09. The van der Waals surface area contributed by atoms with Crippen LogP contribution in [0.25, 0.3) is 17.4 Å². The first-order valence-corrected chi connectivity index (χ1v) is 5.83. The van der Waals surface area contributed by atoms with Gasteiger partial charge in [0.15, 0.2) is 0 Å². The molecule has 108 valence electrons. The maximum atomic E-state index is 10.7. The topological polar surface area (TPSA) is 106 Å². The third-order valence-corrected chi connectivity index (χ3v) is 2.67. The van der Waals surface area contributed by atoms with Crippen molar-refractivity contribution in [2.75, 3.05) is 7.11 Å². The maximum absolute atomic E-state index is 10.7. The number of ether oxygens (including phenoxy) is 1. The standard InChI is InChI=1S/C14H11NO6/c1-20-13-8-9(15(18)19)2-5-11(13)12-6-3-10(21-12)4-7-14(16)17/h2-8H,1H3,(H,16,17)/p-1/b7-4+. The van der Waals surface area contributed by atoms with Gasteiger partial charge in [-0.25, -0.2) is 0 Å². The van der Waals surface area contributed by atoms with E-state index in [1.165, 1.54) is 31.4 Å². The van der Waals surface area contributed by atoms with Gasteiger partial charge in [-0.05, 0) is 30.4 Å². The number of carbonyl (C=O) groups excluding carboxylic acids is 1. The number of furan rings is 1. The molecule has 0 radical (unpaired) electrons. The molecule has 7 heteroatoms. The lowest BCUT2D eigenvalue weighted by Gasteiger charge is -2.05. The van der Waals surface area contributed by atoms with E-state index in [2.05, 4.69) is 0 Å². The quantitative estimate of drug-likeness (QED) is 0.470. The highest BCUT2D eigenvalue weighted by atomic mass is 16.6. The molecule has 2 aromatic rings. The van der Waals surface area contributed by atoms with Gasteiger partial charge >= 0.3 is 0 Å². The minimum Gasteiger partial charge on any atom is -0.545 e. The fraction of sp³-hybridized carbons (Fsp3) is 0.0714. The van der Waals surface area contributed by atoms with Crippen LogP contribution < -0.4 is 9.84 Å². The van der Waals surface area contributed by atoms with Crippen molar-refractivity contribution in [1.29, 1.82) is 0 Å². The summed E-state index contributed by atoms with van der Waals surface area (Å²) in [5.74, 6) is -0.329. The number of hydrogen-bond acceptors (Lipinski definition) is 6. The molecule has 0 saturated heterocycles. The average molecular weight is 288 g/mol. The van der Waals surface area contributed by atoms with E-state index in [1.807, 2.05) is 0 Å². The summed E-state index contributed by atoms with van der Waals surface area (Å²) in [6.07, 6.45) is 2.09. The summed E-state index contributed by atoms with van der Waals surface area (Å²) in [6.45, 7) is 0. The molecule has 0 unspecified atom stereocenters. The van der Waals surface area contributed by atoms with Crippen molar-refractivity contribution in [3.05, 3.63) is 52.3 Å². The van der Waals surface area contributed by atoms with E-state index < -0.39 is 10.9 Å². The number of carboxylic acids is 1. The highest BCUT2D eigenvalue weighted by Crippen LogP contribution is 2.34. The van der Waals surface area contributed by atoms with Crippen molar-refractivity contribution in [3.8, 4) is 17.1 Å². The summed E-state index contributed by atoms with van der Waals surface area (Å²) in [7, 11) is 1.39. The normalized spacial score (nSPS) is 10.7. The van der Waals surface area contributed by atoms with Gasteiger partial charge in [-0.1, -0.05) is 0 Å². The van der Waals surface area contributed by atoms with Gasteiger partial charge in [0.25, 0.3) is 5.69 Å². The molecule has 0 N–H and O–H groups in total. The van der Waals surface area contributed by atoms with Gasteiger partial charge in [-0.3, -0.25) is 10.1 Å². The zero-order valence-electron chi connectivity index (χ0n) is 10.9. The van der Waals surface area contributed by atoms with Crippen molar-refractivity contribution in [3.63, 3.8) is 0 Å². The van der Waals surface area contributed by atoms with Gasteiger partial charge in [0, 0.05) is 6.07 Å². The summed E-state index contributed by atoms with van der Waals surface area (Å²) in [5, 5.41) is 21.1. The van der Waals surface area contributed by atoms with Crippen molar-refractivity contribution in [2.24, 2.45) is 0 Å². The Balaban J connectivity index is 2.38. The summed E-state index contributed by atoms with van der Waals surface area (Å²) >= 11 is 0. The molecular weight excluding hydrogens is 278 g/mol. The van der Waals surface area contributed by atoms with Crippen LogP contribution in [0.15, 0.2) is 40.8 Å². The molecule has 1 aromatic heterocycles. The second kappa shape index (κ2) is 5.91. The number of rotatable bonds is 5. The van der Waals surface area contributed by atoms with E-state index in [0.717, 1.165) is 6.08 Å². The second-order valence-electron chi connectivity index (χ2n) is 4.00. The Morgan fingerprint density at radius 1 is 1.33 bits per heavy atom. The summed E-state index contributed by atoms with van der Waals surface area (Å²) in [5.41, 5.74) is 0.426. The third-order valence-electron chi connectivity index (χ3n) is 2.67. The molecule has 2 rings (SSSR count). The summed E-state index contributed by atoms with van der Waals surface area (Å²) in [4.78, 5) is 20.5. The fourth-order valence-electron chi connectivity index (χ4n) is 1.73. The van der Waals surface area contributed by atoms with Crippen molar-refractivity contribution in [2.45, 2.75) is 0 Å². The molecule has 0 amide bonds. The van der Waals surface area contributed by atoms with Crippen molar-refractivity contribution >= 4 is 17.7 Å². The number of nitro groups is 1. The van der Waals surface area contributed by atoms with Crippen molar-refractivity contribution in [1.82, 2.24) is 0 Å². The molecule has 0 fully saturated rings. The van der Waals surface area contributed by atoms with Gasteiger partial charge < -0.3 is 19.1 Å². The number of nitrogens with zero attached hydrogens (tertiary/aromatic N) is 1. The zero-order chi connectivity index (χ0) is 15.4. The molecule has 7 nitrogen and oxygen atoms in total. The lowest BCUT2D eigenvalue weighted by Crippen LogP contribution is -2.18. The second-order valence-corrected chi connectivity index (χ2v) is 4.00. The fourth-order valence-corrected chi connectivity index (χ4v) is 1.73. The first-order valence-electron chi connectivity index (χ1n) is 5.83. The van der Waals surface area contributed by atoms with Crippen LogP contribution in [0.5, 0.6) is 5.75 Å². The smallest absolute Gasteiger partial charge is 0.273 e. The number of nitro benzene ring substituents is 1. The Morgan fingerprint density at radius 2 is 2.10 bits per heavy atom. The van der Waals surface area contributed by atoms with E-state index >= 15 is 0 Å². The highest BCUT2D eigenvalue weighted by Gasteiger charge is 2.14. The van der Waals surface area contributed by atoms with Gasteiger partial charge in [-0.15, -0.1) is 0 Å². The van der Waals surface area contributed by atoms with Crippen LogP contribution >= 0.6 is 0 Å². The summed E-state index contributed by atoms with van der Waals surface area (Å²) < 4.78 is 10.5. The van der Waals surface area contributed by atoms with Gasteiger partial charge in [0.2, 0.25) is 0 Å². The summed E-state index contributed by atoms with van der Waals surface area (Å²) in [6, 6.07) is 7.29. The van der Waals surface area contributed by atoms with E-state index in [9.17, 15) is 20.0 Å². The molecule has 0 spiro atoms. The number of carboxylic acid groups (broad SMARTS) is 1. The minimum atomic E-state index is -1.33. The highest BCUT2D eigenvalue weighted by molar-refractivity contribution is 5.83. The minimum absolute atomic E-state index is 0.0979. The maximum Gasteiger partial charge on any atom is 0.273 e. The van der Waals surface area contributed by atoms with Crippen LogP contribution in [0.2, 0.25) is 0 Å². The number of methoxy groups -OCH3 is 1. The number of benzene rings is 1. The predicted octanol–water partition coefficient (Wildman–Crippen LogP) is 1.63. The van der Waals surface area contributed by atoms with Crippen molar-refractivity contribution < 1.29 is 24.0 Å². The average Bonchev–Trinajstić information content (AvgIpc) is 2.93. The van der Waals surface area contributed by atoms with Gasteiger partial charge in [0.1, 0.15) is 17.3 Å². The van der Waals surface area contributed by atoms with E-state index in [-0.39, 0.29) is 11.4 Å². The van der Waals surface area contributed by atoms with Gasteiger partial charge in [0.05, 0.1) is 29.6 Å². The number of aliphatic carboxylic acids is 1. The molecule has 1 aromatic carbocycles. The Kier molecular flexibility index (Phi) is 4.03. The largest absolute Gasteiger partial charge is 0.545 e. The molecule has 0 atom stereocenters. The lowest BCUT2D eigenvalue weighted by atomic mass is 10.1. The Morgan fingerprint density at radius 3 is 2.71 bits per heavy atom. The van der Waals surface area contributed by atoms with E-state index in [4.69, 9.17) is 9.15 Å². The van der Waals surface area contributed by atoms with Crippen LogP contribution in [-0.4, -0.2) is 18.0 Å². The van der Waals surface area contributed by atoms with Gasteiger partial charge in [-0.2, -0.15) is 0 Å². The number of non-ortho nitro benzene ring substituents is 1. The molecule has 0 aliphatic carbocycles. The molecule has 0 aliphatic rings. The predicted molar refractivity (Wildman–Crippen MR) is 71.4 cm³/mol. The SMILES string of the molecule is COc1cc([N+](=O)[O-])ccc1-c1ccc(/C=C/C(=O)[O-])o1. The van der Waals surface area contributed by atoms with Crippen LogP contribution in [0.1, 0.15) is 5.76 Å². The first-order chi connectivity index (χ1) is 10.0. The van der Waals surface area contributed by atoms with Crippen LogP contribution in [-0.2, 0) is 4.79 Å². The molecule has 21 heavy (non-hydrogen) atoms. The lowest BCUT2D eigenvalue weighted by molar-refractivity contribution is -0.384. The van der Waals surface area contributed by atoms with Crippen LogP contribution in [0.3, 0.4) is 0 Å². The Bertz CT molecular complexity index is 716. The van der Waals surface area contributed by atoms with E-state index in [1.54, 1.807) is 12.1 Å². The van der Waals surface area contributed by atoms with Crippen LogP contribution in [0, 0.1) is 10.1 Å². The van der Waals surface area contributed by atoms with Crippen LogP contribution in [0.4, 0.5) is 5.69 Å². The molecule has 0 bridgehead atoms. The zero-order valence-corrected chi connectivity index (χ0v) is 10.9. The monoisotopic (exact) mass is 288 g/mol. The number of carbonyl (C=O) groups is 1. The third kappa shape index (κ3) is 3.27.